The number of benzene rings is 1. The number of aldehydes is 1. The number of hydrogen-bond donors (Lipinski definition) is 1. The zero-order valence-corrected chi connectivity index (χ0v) is 16.5. The maximum absolute atomic E-state index is 11.9. The van der Waals surface area contributed by atoms with E-state index in [-0.39, 0.29) is 11.6 Å². The largest absolute Gasteiger partial charge is 0.445 e. The van der Waals surface area contributed by atoms with Gasteiger partial charge in [-0.05, 0) is 30.6 Å². The van der Waals surface area contributed by atoms with Gasteiger partial charge in [-0.3, -0.25) is 0 Å². The Hall–Kier alpha value is -1.66. The number of rotatable bonds is 7. The summed E-state index contributed by atoms with van der Waals surface area (Å²) >= 11 is 0. The molecule has 134 valence electrons. The van der Waals surface area contributed by atoms with E-state index in [0.717, 1.165) is 5.56 Å². The van der Waals surface area contributed by atoms with Crippen molar-refractivity contribution < 1.29 is 18.8 Å². The first kappa shape index (κ1) is 20.4. The van der Waals surface area contributed by atoms with Crippen LogP contribution in [0.15, 0.2) is 30.3 Å². The van der Waals surface area contributed by atoms with Crippen LogP contribution in [0.4, 0.5) is 4.79 Å². The summed E-state index contributed by atoms with van der Waals surface area (Å²) < 4.78 is 11.3. The van der Waals surface area contributed by atoms with E-state index in [1.165, 1.54) is 0 Å². The highest BCUT2D eigenvalue weighted by Gasteiger charge is 2.39. The molecule has 0 spiro atoms. The predicted octanol–water partition coefficient (Wildman–Crippen LogP) is 3.89. The Morgan fingerprint density at radius 3 is 2.33 bits per heavy atom. The monoisotopic (exact) mass is 351 g/mol. The smallest absolute Gasteiger partial charge is 0.408 e. The van der Waals surface area contributed by atoms with E-state index in [4.69, 9.17) is 9.16 Å². The van der Waals surface area contributed by atoms with Crippen molar-refractivity contribution in [2.24, 2.45) is 0 Å². The molecule has 0 fully saturated rings. The van der Waals surface area contributed by atoms with E-state index >= 15 is 0 Å². The maximum Gasteiger partial charge on any atom is 0.408 e. The Morgan fingerprint density at radius 1 is 1.25 bits per heavy atom. The summed E-state index contributed by atoms with van der Waals surface area (Å²) in [5.41, 5.74) is 0.890. The first-order chi connectivity index (χ1) is 11.1. The molecule has 0 aliphatic heterocycles. The lowest BCUT2D eigenvalue weighted by Gasteiger charge is -2.39. The van der Waals surface area contributed by atoms with Gasteiger partial charge in [0, 0.05) is 0 Å². The van der Waals surface area contributed by atoms with Crippen molar-refractivity contribution in [1.29, 1.82) is 0 Å². The first-order valence-electron chi connectivity index (χ1n) is 8.17. The molecular weight excluding hydrogens is 322 g/mol. The van der Waals surface area contributed by atoms with Gasteiger partial charge < -0.3 is 19.3 Å². The fourth-order valence-corrected chi connectivity index (χ4v) is 3.31. The molecule has 2 atom stereocenters. The Kier molecular flexibility index (Phi) is 7.17. The molecule has 24 heavy (non-hydrogen) atoms. The zero-order chi connectivity index (χ0) is 18.4. The maximum atomic E-state index is 11.9. The highest BCUT2D eigenvalue weighted by Crippen LogP contribution is 2.37. The number of carbonyl (C=O) groups excluding carboxylic acids is 2. The first-order valence-corrected chi connectivity index (χ1v) is 11.1. The molecule has 1 unspecified atom stereocenters. The third kappa shape index (κ3) is 6.09. The lowest BCUT2D eigenvalue weighted by atomic mass is 10.2. The molecule has 1 aromatic carbocycles. The second-order valence-electron chi connectivity index (χ2n) is 7.45. The topological polar surface area (TPSA) is 64.6 Å². The van der Waals surface area contributed by atoms with E-state index in [9.17, 15) is 9.59 Å². The van der Waals surface area contributed by atoms with E-state index in [2.05, 4.69) is 39.2 Å². The quantitative estimate of drug-likeness (QED) is 0.598. The van der Waals surface area contributed by atoms with Crippen LogP contribution in [0, 0.1) is 0 Å². The van der Waals surface area contributed by atoms with Crippen LogP contribution in [0.2, 0.25) is 18.1 Å². The van der Waals surface area contributed by atoms with Gasteiger partial charge in [0.2, 0.25) is 0 Å². The Morgan fingerprint density at radius 2 is 1.83 bits per heavy atom. The number of hydrogen-bond acceptors (Lipinski definition) is 4. The molecule has 0 bridgehead atoms. The minimum atomic E-state index is -2.02. The number of carbonyl (C=O) groups is 2. The molecule has 0 aliphatic carbocycles. The van der Waals surface area contributed by atoms with Gasteiger partial charge in [0.1, 0.15) is 18.9 Å². The normalized spacial score (nSPS) is 14.6. The van der Waals surface area contributed by atoms with Crippen LogP contribution in [0.5, 0.6) is 0 Å². The second-order valence-corrected chi connectivity index (χ2v) is 12.2. The molecule has 0 saturated heterocycles. The number of ether oxygens (including phenoxy) is 1. The SMILES string of the molecule is CC(O[Si](C)(C)C(C)(C)C)[C@@H](C=O)NC(=O)OCc1ccccc1. The number of nitrogens with one attached hydrogen (secondary N) is 1. The number of alkyl carbamates (subject to hydrolysis) is 1. The summed E-state index contributed by atoms with van der Waals surface area (Å²) in [5, 5.41) is 2.61. The van der Waals surface area contributed by atoms with Crippen LogP contribution in [-0.4, -0.2) is 32.8 Å². The van der Waals surface area contributed by atoms with Gasteiger partial charge in [0.25, 0.3) is 0 Å². The molecule has 5 nitrogen and oxygen atoms in total. The predicted molar refractivity (Wildman–Crippen MR) is 97.4 cm³/mol. The molecule has 0 saturated carbocycles. The van der Waals surface area contributed by atoms with E-state index in [1.54, 1.807) is 6.92 Å². The van der Waals surface area contributed by atoms with Crippen molar-refractivity contribution in [3.8, 4) is 0 Å². The van der Waals surface area contributed by atoms with E-state index in [1.807, 2.05) is 30.3 Å². The molecule has 1 amide bonds. The third-order valence-corrected chi connectivity index (χ3v) is 9.01. The van der Waals surface area contributed by atoms with Gasteiger partial charge in [0.15, 0.2) is 8.32 Å². The molecule has 0 heterocycles. The summed E-state index contributed by atoms with van der Waals surface area (Å²) in [6.45, 7) is 12.6. The molecule has 0 radical (unpaired) electrons. The summed E-state index contributed by atoms with van der Waals surface area (Å²) in [4.78, 5) is 23.3. The highest BCUT2D eigenvalue weighted by molar-refractivity contribution is 6.74. The van der Waals surface area contributed by atoms with Gasteiger partial charge in [-0.25, -0.2) is 4.79 Å². The van der Waals surface area contributed by atoms with Crippen molar-refractivity contribution in [2.75, 3.05) is 0 Å². The lowest BCUT2D eigenvalue weighted by molar-refractivity contribution is -0.111. The van der Waals surface area contributed by atoms with Crippen LogP contribution in [-0.2, 0) is 20.6 Å². The summed E-state index contributed by atoms with van der Waals surface area (Å²) in [7, 11) is -2.02. The van der Waals surface area contributed by atoms with Gasteiger partial charge in [-0.1, -0.05) is 51.1 Å². The molecule has 1 rings (SSSR count). The summed E-state index contributed by atoms with van der Waals surface area (Å²) in [5.74, 6) is 0. The number of amides is 1. The average molecular weight is 352 g/mol. The Labute approximate surface area is 145 Å². The van der Waals surface area contributed by atoms with Gasteiger partial charge in [-0.2, -0.15) is 0 Å². The Balaban J connectivity index is 2.56. The van der Waals surface area contributed by atoms with Gasteiger partial charge in [-0.15, -0.1) is 0 Å². The standard InChI is InChI=1S/C18H29NO4Si/c1-14(23-24(5,6)18(2,3)4)16(12-20)19-17(21)22-13-15-10-8-7-9-11-15/h7-12,14,16H,13H2,1-6H3,(H,19,21)/t14?,16-/m1/s1. The van der Waals surface area contributed by atoms with Crippen molar-refractivity contribution in [3.63, 3.8) is 0 Å². The molecule has 0 aromatic heterocycles. The average Bonchev–Trinajstić information content (AvgIpc) is 2.50. The van der Waals surface area contributed by atoms with Crippen molar-refractivity contribution >= 4 is 20.7 Å². The summed E-state index contributed by atoms with van der Waals surface area (Å²) in [6, 6.07) is 8.65. The highest BCUT2D eigenvalue weighted by atomic mass is 28.4. The van der Waals surface area contributed by atoms with Crippen LogP contribution in [0.3, 0.4) is 0 Å². The third-order valence-electron chi connectivity index (χ3n) is 4.44. The van der Waals surface area contributed by atoms with Gasteiger partial charge in [0.05, 0.1) is 6.10 Å². The summed E-state index contributed by atoms with van der Waals surface area (Å²) in [6.07, 6.45) is -0.337. The molecule has 6 heteroatoms. The van der Waals surface area contributed by atoms with Crippen molar-refractivity contribution in [1.82, 2.24) is 5.32 Å². The van der Waals surface area contributed by atoms with Crippen LogP contribution in [0.1, 0.15) is 33.3 Å². The van der Waals surface area contributed by atoms with E-state index in [0.29, 0.717) is 6.29 Å². The van der Waals surface area contributed by atoms with Crippen LogP contribution < -0.4 is 5.32 Å². The molecule has 1 aromatic rings. The lowest BCUT2D eigenvalue weighted by Crippen LogP contribution is -2.51. The van der Waals surface area contributed by atoms with Crippen LogP contribution in [0.25, 0.3) is 0 Å². The fraction of sp³-hybridized carbons (Fsp3) is 0.556. The van der Waals surface area contributed by atoms with E-state index < -0.39 is 26.6 Å². The molecule has 0 aliphatic rings. The van der Waals surface area contributed by atoms with Crippen molar-refractivity contribution in [2.45, 2.75) is 64.6 Å². The van der Waals surface area contributed by atoms with Crippen molar-refractivity contribution in [3.05, 3.63) is 35.9 Å². The molecular formula is C18H29NO4Si. The fourth-order valence-electron chi connectivity index (χ4n) is 1.88. The van der Waals surface area contributed by atoms with Crippen LogP contribution >= 0.6 is 0 Å². The minimum Gasteiger partial charge on any atom is -0.445 e. The zero-order valence-electron chi connectivity index (χ0n) is 15.5. The minimum absolute atomic E-state index is 0.0303. The second kappa shape index (κ2) is 8.44. The Bertz CT molecular complexity index is 540. The molecule has 1 N–H and O–H groups in total. The van der Waals surface area contributed by atoms with Gasteiger partial charge >= 0.3 is 6.09 Å².